The monoisotopic (exact) mass is 305 g/mol. The highest BCUT2D eigenvalue weighted by Crippen LogP contribution is 2.29. The Morgan fingerprint density at radius 3 is 2.70 bits per heavy atom. The van der Waals surface area contributed by atoms with Gasteiger partial charge in [-0.2, -0.15) is 0 Å². The van der Waals surface area contributed by atoms with Gasteiger partial charge in [0.2, 0.25) is 5.91 Å². The highest BCUT2D eigenvalue weighted by Gasteiger charge is 2.28. The van der Waals surface area contributed by atoms with Crippen LogP contribution >= 0.6 is 0 Å². The Morgan fingerprint density at radius 1 is 1.13 bits per heavy atom. The maximum atomic E-state index is 12.5. The van der Waals surface area contributed by atoms with Crippen molar-refractivity contribution in [2.24, 2.45) is 5.92 Å². The van der Waals surface area contributed by atoms with Gasteiger partial charge in [-0.05, 0) is 36.1 Å². The number of hydrogen-bond acceptors (Lipinski definition) is 2. The number of benzene rings is 2. The Kier molecular flexibility index (Phi) is 3.58. The molecule has 1 heterocycles. The lowest BCUT2D eigenvalue weighted by Gasteiger charge is -2.28. The molecule has 2 N–H and O–H groups in total. The van der Waals surface area contributed by atoms with Crippen molar-refractivity contribution in [2.75, 3.05) is 0 Å². The summed E-state index contributed by atoms with van der Waals surface area (Å²) in [6.07, 6.45) is 4.87. The second-order valence-corrected chi connectivity index (χ2v) is 6.16. The minimum absolute atomic E-state index is 0.128. The summed E-state index contributed by atoms with van der Waals surface area (Å²) in [5.41, 5.74) is 4.09. The molecular formula is C19H19N3O. The van der Waals surface area contributed by atoms with Crippen LogP contribution in [0.25, 0.3) is 11.0 Å². The van der Waals surface area contributed by atoms with Gasteiger partial charge >= 0.3 is 0 Å². The van der Waals surface area contributed by atoms with Crippen molar-refractivity contribution in [1.29, 1.82) is 0 Å². The number of rotatable bonds is 4. The van der Waals surface area contributed by atoms with Gasteiger partial charge < -0.3 is 10.3 Å². The molecular weight excluding hydrogens is 286 g/mol. The molecule has 4 nitrogen and oxygen atoms in total. The molecule has 4 heteroatoms. The maximum Gasteiger partial charge on any atom is 0.223 e. The van der Waals surface area contributed by atoms with Crippen molar-refractivity contribution in [3.8, 4) is 0 Å². The number of nitrogens with zero attached hydrogens (tertiary/aromatic N) is 1. The van der Waals surface area contributed by atoms with E-state index in [0.717, 1.165) is 41.4 Å². The van der Waals surface area contributed by atoms with E-state index in [9.17, 15) is 4.79 Å². The van der Waals surface area contributed by atoms with Crippen LogP contribution in [-0.4, -0.2) is 15.9 Å². The quantitative estimate of drug-likeness (QED) is 0.774. The molecule has 23 heavy (non-hydrogen) atoms. The standard InChI is InChI=1S/C19H19N3O/c23-19(14-7-4-8-14)22-18(13-5-2-1-3-6-13)15-9-10-16-17(11-15)21-12-20-16/h1-3,5-6,9-12,14,18H,4,7-8H2,(H,20,21)(H,22,23). The van der Waals surface area contributed by atoms with E-state index in [0.29, 0.717) is 0 Å². The first-order valence-corrected chi connectivity index (χ1v) is 8.09. The Labute approximate surface area is 134 Å². The minimum Gasteiger partial charge on any atom is -0.345 e. The smallest absolute Gasteiger partial charge is 0.223 e. The number of nitrogens with one attached hydrogen (secondary N) is 2. The summed E-state index contributed by atoms with van der Waals surface area (Å²) in [6.45, 7) is 0. The summed E-state index contributed by atoms with van der Waals surface area (Å²) in [4.78, 5) is 19.9. The summed E-state index contributed by atoms with van der Waals surface area (Å²) >= 11 is 0. The molecule has 0 bridgehead atoms. The van der Waals surface area contributed by atoms with Gasteiger partial charge in [0.05, 0.1) is 23.4 Å². The molecule has 1 saturated carbocycles. The minimum atomic E-state index is -0.128. The molecule has 0 aliphatic heterocycles. The zero-order chi connectivity index (χ0) is 15.6. The highest BCUT2D eigenvalue weighted by atomic mass is 16.2. The van der Waals surface area contributed by atoms with Crippen molar-refractivity contribution >= 4 is 16.9 Å². The van der Waals surface area contributed by atoms with Gasteiger partial charge in [-0.25, -0.2) is 4.98 Å². The lowest BCUT2D eigenvalue weighted by atomic mass is 9.84. The Morgan fingerprint density at radius 2 is 1.96 bits per heavy atom. The summed E-state index contributed by atoms with van der Waals surface area (Å²) in [5, 5.41) is 3.24. The molecule has 0 saturated heterocycles. The fourth-order valence-corrected chi connectivity index (χ4v) is 3.07. The maximum absolute atomic E-state index is 12.5. The Bertz CT molecular complexity index is 821. The Hall–Kier alpha value is -2.62. The molecule has 1 aliphatic rings. The second-order valence-electron chi connectivity index (χ2n) is 6.16. The topological polar surface area (TPSA) is 57.8 Å². The lowest BCUT2D eigenvalue weighted by molar-refractivity contribution is -0.127. The molecule has 1 amide bonds. The lowest BCUT2D eigenvalue weighted by Crippen LogP contribution is -2.37. The number of carbonyl (C=O) groups is 1. The van der Waals surface area contributed by atoms with Crippen molar-refractivity contribution < 1.29 is 4.79 Å². The first kappa shape index (κ1) is 14.0. The van der Waals surface area contributed by atoms with Crippen LogP contribution in [-0.2, 0) is 4.79 Å². The van der Waals surface area contributed by atoms with E-state index in [1.165, 1.54) is 0 Å². The van der Waals surface area contributed by atoms with Crippen molar-refractivity contribution in [3.05, 3.63) is 66.0 Å². The van der Waals surface area contributed by atoms with Crippen LogP contribution in [0.1, 0.15) is 36.4 Å². The predicted octanol–water partition coefficient (Wildman–Crippen LogP) is 3.57. The molecule has 1 fully saturated rings. The molecule has 0 radical (unpaired) electrons. The average molecular weight is 305 g/mol. The number of aromatic nitrogens is 2. The van der Waals surface area contributed by atoms with E-state index < -0.39 is 0 Å². The third-order valence-corrected chi connectivity index (χ3v) is 4.67. The van der Waals surface area contributed by atoms with E-state index in [1.54, 1.807) is 6.33 Å². The van der Waals surface area contributed by atoms with Gasteiger partial charge in [0.1, 0.15) is 0 Å². The summed E-state index contributed by atoms with van der Waals surface area (Å²) in [5.74, 6) is 0.340. The Balaban J connectivity index is 1.69. The number of imidazole rings is 1. The first-order valence-electron chi connectivity index (χ1n) is 8.09. The molecule has 116 valence electrons. The van der Waals surface area contributed by atoms with E-state index in [4.69, 9.17) is 0 Å². The third-order valence-electron chi connectivity index (χ3n) is 4.67. The second kappa shape index (κ2) is 5.88. The van der Waals surface area contributed by atoms with Gasteiger partial charge in [0.15, 0.2) is 0 Å². The molecule has 3 aromatic rings. The van der Waals surface area contributed by atoms with Crippen molar-refractivity contribution in [3.63, 3.8) is 0 Å². The van der Waals surface area contributed by atoms with Gasteiger partial charge in [0.25, 0.3) is 0 Å². The van der Waals surface area contributed by atoms with Gasteiger partial charge in [-0.15, -0.1) is 0 Å². The number of amides is 1. The largest absolute Gasteiger partial charge is 0.345 e. The molecule has 1 atom stereocenters. The van der Waals surface area contributed by atoms with E-state index in [-0.39, 0.29) is 17.9 Å². The molecule has 1 aliphatic carbocycles. The van der Waals surface area contributed by atoms with Crippen LogP contribution in [0.4, 0.5) is 0 Å². The van der Waals surface area contributed by atoms with Crippen LogP contribution in [0.15, 0.2) is 54.9 Å². The van der Waals surface area contributed by atoms with Crippen LogP contribution in [0.5, 0.6) is 0 Å². The molecule has 1 aromatic heterocycles. The number of carbonyl (C=O) groups excluding carboxylic acids is 1. The van der Waals surface area contributed by atoms with E-state index in [2.05, 4.69) is 33.5 Å². The molecule has 2 aromatic carbocycles. The van der Waals surface area contributed by atoms with Crippen LogP contribution in [0.3, 0.4) is 0 Å². The SMILES string of the molecule is O=C(NC(c1ccccc1)c1ccc2nc[nH]c2c1)C1CCC1. The zero-order valence-electron chi connectivity index (χ0n) is 12.8. The molecule has 1 unspecified atom stereocenters. The summed E-state index contributed by atoms with van der Waals surface area (Å²) < 4.78 is 0. The zero-order valence-corrected chi connectivity index (χ0v) is 12.8. The number of H-pyrrole nitrogens is 1. The van der Waals surface area contributed by atoms with Crippen LogP contribution in [0, 0.1) is 5.92 Å². The highest BCUT2D eigenvalue weighted by molar-refractivity contribution is 5.81. The van der Waals surface area contributed by atoms with Gasteiger partial charge in [-0.3, -0.25) is 4.79 Å². The van der Waals surface area contributed by atoms with Crippen LogP contribution in [0.2, 0.25) is 0 Å². The molecule has 4 rings (SSSR count). The van der Waals surface area contributed by atoms with Gasteiger partial charge in [0, 0.05) is 5.92 Å². The van der Waals surface area contributed by atoms with Crippen molar-refractivity contribution in [2.45, 2.75) is 25.3 Å². The normalized spacial score (nSPS) is 16.0. The first-order chi connectivity index (χ1) is 11.3. The molecule has 0 spiro atoms. The fourth-order valence-electron chi connectivity index (χ4n) is 3.07. The number of fused-ring (bicyclic) bond motifs is 1. The number of aromatic amines is 1. The van der Waals surface area contributed by atoms with Crippen molar-refractivity contribution in [1.82, 2.24) is 15.3 Å². The summed E-state index contributed by atoms with van der Waals surface area (Å²) in [7, 11) is 0. The average Bonchev–Trinajstić information content (AvgIpc) is 2.99. The third kappa shape index (κ3) is 2.72. The summed E-state index contributed by atoms with van der Waals surface area (Å²) in [6, 6.07) is 16.1. The van der Waals surface area contributed by atoms with E-state index in [1.807, 2.05) is 30.3 Å². The fraction of sp³-hybridized carbons (Fsp3) is 0.263. The number of hydrogen-bond donors (Lipinski definition) is 2. The predicted molar refractivity (Wildman–Crippen MR) is 89.9 cm³/mol. The van der Waals surface area contributed by atoms with E-state index >= 15 is 0 Å². The van der Waals surface area contributed by atoms with Crippen LogP contribution < -0.4 is 5.32 Å². The van der Waals surface area contributed by atoms with Gasteiger partial charge in [-0.1, -0.05) is 42.8 Å².